The molecule has 0 saturated carbocycles. The van der Waals surface area contributed by atoms with Crippen molar-refractivity contribution in [3.05, 3.63) is 60.4 Å². The molecule has 3 aromatic rings. The summed E-state index contributed by atoms with van der Waals surface area (Å²) in [4.78, 5) is 4.26. The summed E-state index contributed by atoms with van der Waals surface area (Å²) in [7, 11) is 0. The fourth-order valence-corrected chi connectivity index (χ4v) is 2.01. The third-order valence-electron chi connectivity index (χ3n) is 3.05. The van der Waals surface area contributed by atoms with Crippen LogP contribution in [0.1, 0.15) is 5.56 Å². The fraction of sp³-hybridized carbons (Fsp3) is 0.0667. The van der Waals surface area contributed by atoms with Gasteiger partial charge in [0.2, 0.25) is 0 Å². The Hall–Kier alpha value is -2.83. The monoisotopic (exact) mass is 304 g/mol. The number of aromatic nitrogens is 3. The number of pyridine rings is 1. The van der Waals surface area contributed by atoms with Gasteiger partial charge in [0.25, 0.3) is 0 Å². The largest absolute Gasteiger partial charge is 0.416 e. The number of benzene rings is 1. The number of aromatic amines is 1. The van der Waals surface area contributed by atoms with Crippen LogP contribution in [0.15, 0.2) is 54.9 Å². The van der Waals surface area contributed by atoms with E-state index in [4.69, 9.17) is 0 Å². The predicted molar refractivity (Wildman–Crippen MR) is 76.5 cm³/mol. The third kappa shape index (κ3) is 2.93. The third-order valence-corrected chi connectivity index (χ3v) is 3.05. The first-order valence-corrected chi connectivity index (χ1v) is 6.43. The fourth-order valence-electron chi connectivity index (χ4n) is 2.01. The van der Waals surface area contributed by atoms with Gasteiger partial charge in [0, 0.05) is 18.1 Å². The zero-order chi connectivity index (χ0) is 15.6. The van der Waals surface area contributed by atoms with Crippen molar-refractivity contribution in [3.8, 4) is 11.4 Å². The van der Waals surface area contributed by atoms with E-state index in [9.17, 15) is 13.2 Å². The number of anilines is 2. The molecule has 0 aliphatic carbocycles. The molecule has 0 spiro atoms. The SMILES string of the molecule is FC(F)(F)c1ccc(Nc2cccnc2-c2ccn[nH]2)cc1. The molecule has 0 fully saturated rings. The highest BCUT2D eigenvalue weighted by Gasteiger charge is 2.29. The Bertz CT molecular complexity index is 749. The number of nitrogens with zero attached hydrogens (tertiary/aromatic N) is 2. The lowest BCUT2D eigenvalue weighted by Crippen LogP contribution is -2.04. The molecule has 2 aromatic heterocycles. The summed E-state index contributed by atoms with van der Waals surface area (Å²) < 4.78 is 37.7. The maximum Gasteiger partial charge on any atom is 0.416 e. The van der Waals surface area contributed by atoms with E-state index < -0.39 is 11.7 Å². The molecule has 1 aromatic carbocycles. The molecule has 0 saturated heterocycles. The highest BCUT2D eigenvalue weighted by Crippen LogP contribution is 2.31. The molecule has 0 unspecified atom stereocenters. The van der Waals surface area contributed by atoms with Crippen molar-refractivity contribution in [2.24, 2.45) is 0 Å². The van der Waals surface area contributed by atoms with Gasteiger partial charge in [-0.3, -0.25) is 10.1 Å². The van der Waals surface area contributed by atoms with E-state index in [1.165, 1.54) is 12.1 Å². The zero-order valence-corrected chi connectivity index (χ0v) is 11.2. The van der Waals surface area contributed by atoms with Crippen molar-refractivity contribution in [1.82, 2.24) is 15.2 Å². The highest BCUT2D eigenvalue weighted by molar-refractivity contribution is 5.75. The summed E-state index contributed by atoms with van der Waals surface area (Å²) >= 11 is 0. The van der Waals surface area contributed by atoms with Gasteiger partial charge in [-0.05, 0) is 42.5 Å². The van der Waals surface area contributed by atoms with Crippen LogP contribution in [0.2, 0.25) is 0 Å². The molecule has 0 amide bonds. The summed E-state index contributed by atoms with van der Waals surface area (Å²) in [5, 5.41) is 9.74. The Morgan fingerprint density at radius 1 is 0.955 bits per heavy atom. The van der Waals surface area contributed by atoms with Gasteiger partial charge in [0.15, 0.2) is 0 Å². The smallest absolute Gasteiger partial charge is 0.354 e. The Kier molecular flexibility index (Phi) is 3.54. The van der Waals surface area contributed by atoms with Gasteiger partial charge in [-0.2, -0.15) is 18.3 Å². The van der Waals surface area contributed by atoms with E-state index in [0.717, 1.165) is 17.8 Å². The van der Waals surface area contributed by atoms with Gasteiger partial charge in [-0.1, -0.05) is 0 Å². The average molecular weight is 304 g/mol. The number of halogens is 3. The van der Waals surface area contributed by atoms with E-state index in [2.05, 4.69) is 20.5 Å². The van der Waals surface area contributed by atoms with Crippen molar-refractivity contribution < 1.29 is 13.2 Å². The van der Waals surface area contributed by atoms with Gasteiger partial charge in [0.1, 0.15) is 5.69 Å². The summed E-state index contributed by atoms with van der Waals surface area (Å²) in [6.45, 7) is 0. The lowest BCUT2D eigenvalue weighted by molar-refractivity contribution is -0.137. The minimum Gasteiger partial charge on any atom is -0.354 e. The van der Waals surface area contributed by atoms with Crippen LogP contribution in [0.3, 0.4) is 0 Å². The summed E-state index contributed by atoms with van der Waals surface area (Å²) in [5.41, 5.74) is 1.89. The Balaban J connectivity index is 1.88. The zero-order valence-electron chi connectivity index (χ0n) is 11.2. The van der Waals surface area contributed by atoms with Crippen LogP contribution in [0.5, 0.6) is 0 Å². The predicted octanol–water partition coefficient (Wildman–Crippen LogP) is 4.23. The minimum atomic E-state index is -4.34. The van der Waals surface area contributed by atoms with E-state index >= 15 is 0 Å². The molecule has 0 bridgehead atoms. The summed E-state index contributed by atoms with van der Waals surface area (Å²) in [6, 6.07) is 10.1. The first-order chi connectivity index (χ1) is 10.5. The molecular weight excluding hydrogens is 293 g/mol. The van der Waals surface area contributed by atoms with Crippen molar-refractivity contribution in [3.63, 3.8) is 0 Å². The molecule has 0 atom stereocenters. The highest BCUT2D eigenvalue weighted by atomic mass is 19.4. The second kappa shape index (κ2) is 5.51. The number of rotatable bonds is 3. The molecule has 2 N–H and O–H groups in total. The van der Waals surface area contributed by atoms with E-state index in [1.807, 2.05) is 0 Å². The maximum absolute atomic E-state index is 12.6. The normalized spacial score (nSPS) is 11.4. The molecular formula is C15H11F3N4. The van der Waals surface area contributed by atoms with Crippen LogP contribution in [-0.2, 0) is 6.18 Å². The van der Waals surface area contributed by atoms with E-state index in [1.54, 1.807) is 30.6 Å². The van der Waals surface area contributed by atoms with Crippen molar-refractivity contribution in [2.45, 2.75) is 6.18 Å². The molecule has 3 rings (SSSR count). The molecule has 0 aliphatic rings. The van der Waals surface area contributed by atoms with Gasteiger partial charge in [0.05, 0.1) is 16.9 Å². The van der Waals surface area contributed by atoms with Crippen molar-refractivity contribution in [2.75, 3.05) is 5.32 Å². The molecule has 0 aliphatic heterocycles. The number of hydrogen-bond acceptors (Lipinski definition) is 3. The topological polar surface area (TPSA) is 53.6 Å². The van der Waals surface area contributed by atoms with Crippen LogP contribution in [0.4, 0.5) is 24.5 Å². The van der Waals surface area contributed by atoms with Gasteiger partial charge in [-0.25, -0.2) is 0 Å². The van der Waals surface area contributed by atoms with Crippen molar-refractivity contribution >= 4 is 11.4 Å². The lowest BCUT2D eigenvalue weighted by atomic mass is 10.2. The Morgan fingerprint density at radius 3 is 2.36 bits per heavy atom. The van der Waals surface area contributed by atoms with Gasteiger partial charge < -0.3 is 5.32 Å². The molecule has 2 heterocycles. The summed E-state index contributed by atoms with van der Waals surface area (Å²) in [5.74, 6) is 0. The second-order valence-electron chi connectivity index (χ2n) is 4.57. The second-order valence-corrected chi connectivity index (χ2v) is 4.57. The quantitative estimate of drug-likeness (QED) is 0.761. The molecule has 112 valence electrons. The Morgan fingerprint density at radius 2 is 1.73 bits per heavy atom. The molecule has 0 radical (unpaired) electrons. The van der Waals surface area contributed by atoms with Crippen molar-refractivity contribution in [1.29, 1.82) is 0 Å². The number of H-pyrrole nitrogens is 1. The van der Waals surface area contributed by atoms with Gasteiger partial charge >= 0.3 is 6.18 Å². The number of nitrogens with one attached hydrogen (secondary N) is 2. The first kappa shape index (κ1) is 14.1. The number of alkyl halides is 3. The van der Waals surface area contributed by atoms with Crippen LogP contribution in [0, 0.1) is 0 Å². The minimum absolute atomic E-state index is 0.543. The molecule has 22 heavy (non-hydrogen) atoms. The summed E-state index contributed by atoms with van der Waals surface area (Å²) in [6.07, 6.45) is -1.10. The number of hydrogen-bond donors (Lipinski definition) is 2. The van der Waals surface area contributed by atoms with Gasteiger partial charge in [-0.15, -0.1) is 0 Å². The van der Waals surface area contributed by atoms with Crippen LogP contribution >= 0.6 is 0 Å². The van der Waals surface area contributed by atoms with Crippen LogP contribution in [0.25, 0.3) is 11.4 Å². The molecule has 7 heteroatoms. The van der Waals surface area contributed by atoms with E-state index in [0.29, 0.717) is 17.1 Å². The van der Waals surface area contributed by atoms with E-state index in [-0.39, 0.29) is 0 Å². The van der Waals surface area contributed by atoms with Crippen LogP contribution < -0.4 is 5.32 Å². The maximum atomic E-state index is 12.6. The standard InChI is InChI=1S/C15H11F3N4/c16-15(17,18)10-3-5-11(6-4-10)21-12-2-1-8-19-14(12)13-7-9-20-22-13/h1-9,21H,(H,20,22). The average Bonchev–Trinajstić information content (AvgIpc) is 3.01. The van der Waals surface area contributed by atoms with Crippen LogP contribution in [-0.4, -0.2) is 15.2 Å². The lowest BCUT2D eigenvalue weighted by Gasteiger charge is -2.11. The Labute approximate surface area is 124 Å². The molecule has 4 nitrogen and oxygen atoms in total. The first-order valence-electron chi connectivity index (χ1n) is 6.43.